The summed E-state index contributed by atoms with van der Waals surface area (Å²) in [7, 11) is 4.35. The summed E-state index contributed by atoms with van der Waals surface area (Å²) in [5.41, 5.74) is 0. The van der Waals surface area contributed by atoms with Gasteiger partial charge in [-0.15, -0.1) is 10.2 Å². The van der Waals surface area contributed by atoms with Crippen LogP contribution in [0.15, 0.2) is 5.16 Å². The number of ether oxygens (including phenoxy) is 2. The molecule has 0 aliphatic carbocycles. The molecule has 0 amide bonds. The summed E-state index contributed by atoms with van der Waals surface area (Å²) >= 11 is 0. The standard InChI is InChI=1S/C7H12ClN3O4S/c1-11-6(5-15-4-3-14-2)9-10-7(11)16(8,12)13/h3-5H2,1-2H3. The molecule has 0 fully saturated rings. The lowest BCUT2D eigenvalue weighted by molar-refractivity contribution is 0.0573. The first-order valence-electron chi connectivity index (χ1n) is 4.36. The molecule has 0 aromatic carbocycles. The molecule has 9 heteroatoms. The molecule has 7 nitrogen and oxygen atoms in total. The summed E-state index contributed by atoms with van der Waals surface area (Å²) in [5.74, 6) is 0.385. The molecule has 1 rings (SSSR count). The van der Waals surface area contributed by atoms with Crippen molar-refractivity contribution < 1.29 is 17.9 Å². The highest BCUT2D eigenvalue weighted by Gasteiger charge is 2.19. The van der Waals surface area contributed by atoms with Crippen molar-refractivity contribution in [3.63, 3.8) is 0 Å². The molecule has 1 aromatic heterocycles. The Bertz CT molecular complexity index is 444. The first kappa shape index (κ1) is 13.4. The van der Waals surface area contributed by atoms with Gasteiger partial charge in [-0.1, -0.05) is 0 Å². The van der Waals surface area contributed by atoms with E-state index in [0.717, 1.165) is 0 Å². The highest BCUT2D eigenvalue weighted by molar-refractivity contribution is 8.13. The third kappa shape index (κ3) is 3.41. The number of methoxy groups -OCH3 is 1. The van der Waals surface area contributed by atoms with Crippen LogP contribution in [-0.4, -0.2) is 43.5 Å². The van der Waals surface area contributed by atoms with Crippen molar-refractivity contribution in [3.8, 4) is 0 Å². The van der Waals surface area contributed by atoms with Crippen LogP contribution in [0.5, 0.6) is 0 Å². The zero-order chi connectivity index (χ0) is 12.2. The molecule has 0 unspecified atom stereocenters. The number of halogens is 1. The zero-order valence-corrected chi connectivity index (χ0v) is 10.5. The average Bonchev–Trinajstić information content (AvgIpc) is 2.54. The van der Waals surface area contributed by atoms with Crippen molar-refractivity contribution in [1.29, 1.82) is 0 Å². The first-order chi connectivity index (χ1) is 7.46. The molecule has 0 aliphatic rings. The summed E-state index contributed by atoms with van der Waals surface area (Å²) in [6, 6.07) is 0. The van der Waals surface area contributed by atoms with Crippen LogP contribution in [0, 0.1) is 0 Å². The topological polar surface area (TPSA) is 83.3 Å². The molecule has 92 valence electrons. The van der Waals surface area contributed by atoms with Gasteiger partial charge in [-0.25, -0.2) is 8.42 Å². The lowest BCUT2D eigenvalue weighted by atomic mass is 10.6. The molecule has 0 atom stereocenters. The second kappa shape index (κ2) is 5.58. The maximum absolute atomic E-state index is 11.0. The van der Waals surface area contributed by atoms with E-state index in [4.69, 9.17) is 20.2 Å². The minimum atomic E-state index is -3.87. The van der Waals surface area contributed by atoms with Crippen molar-refractivity contribution in [2.24, 2.45) is 7.05 Å². The zero-order valence-electron chi connectivity index (χ0n) is 8.88. The van der Waals surface area contributed by atoms with Gasteiger partial charge >= 0.3 is 0 Å². The van der Waals surface area contributed by atoms with Crippen LogP contribution < -0.4 is 0 Å². The summed E-state index contributed by atoms with van der Waals surface area (Å²) in [6.07, 6.45) is 0. The van der Waals surface area contributed by atoms with Gasteiger partial charge in [-0.05, 0) is 0 Å². The number of nitrogens with zero attached hydrogens (tertiary/aromatic N) is 3. The third-order valence-electron chi connectivity index (χ3n) is 1.81. The van der Waals surface area contributed by atoms with Gasteiger partial charge in [0.1, 0.15) is 6.61 Å². The molecule has 16 heavy (non-hydrogen) atoms. The van der Waals surface area contributed by atoms with Gasteiger partial charge in [-0.3, -0.25) is 0 Å². The van der Waals surface area contributed by atoms with Gasteiger partial charge in [0.05, 0.1) is 13.2 Å². The molecule has 0 saturated heterocycles. The Balaban J connectivity index is 2.66. The fraction of sp³-hybridized carbons (Fsp3) is 0.714. The van der Waals surface area contributed by atoms with E-state index in [1.165, 1.54) is 11.6 Å². The van der Waals surface area contributed by atoms with E-state index in [9.17, 15) is 8.42 Å². The second-order valence-electron chi connectivity index (χ2n) is 2.94. The Labute approximate surface area is 97.7 Å². The Morgan fingerprint density at radius 2 is 2.06 bits per heavy atom. The molecule has 0 aliphatic heterocycles. The Hall–Kier alpha value is -0.700. The predicted molar refractivity (Wildman–Crippen MR) is 55.6 cm³/mol. The van der Waals surface area contributed by atoms with E-state index in [-0.39, 0.29) is 11.8 Å². The molecular formula is C7H12ClN3O4S. The fourth-order valence-corrected chi connectivity index (χ4v) is 1.96. The van der Waals surface area contributed by atoms with E-state index < -0.39 is 9.05 Å². The lowest BCUT2D eigenvalue weighted by Gasteiger charge is -2.03. The lowest BCUT2D eigenvalue weighted by Crippen LogP contribution is -2.08. The smallest absolute Gasteiger partial charge is 0.296 e. The number of hydrogen-bond donors (Lipinski definition) is 0. The van der Waals surface area contributed by atoms with Gasteiger partial charge < -0.3 is 14.0 Å². The van der Waals surface area contributed by atoms with E-state index in [0.29, 0.717) is 19.0 Å². The number of aromatic nitrogens is 3. The normalized spacial score (nSPS) is 11.9. The summed E-state index contributed by atoms with van der Waals surface area (Å²) < 4.78 is 33.3. The largest absolute Gasteiger partial charge is 0.382 e. The second-order valence-corrected chi connectivity index (χ2v) is 5.40. The van der Waals surface area contributed by atoms with Crippen LogP contribution in [-0.2, 0) is 32.2 Å². The third-order valence-corrected chi connectivity index (χ3v) is 3.01. The summed E-state index contributed by atoms with van der Waals surface area (Å²) in [4.78, 5) is 0. The Morgan fingerprint density at radius 3 is 2.56 bits per heavy atom. The van der Waals surface area contributed by atoms with Crippen LogP contribution in [0.25, 0.3) is 0 Å². The maximum Gasteiger partial charge on any atom is 0.296 e. The molecule has 1 heterocycles. The highest BCUT2D eigenvalue weighted by atomic mass is 35.7. The average molecular weight is 270 g/mol. The van der Waals surface area contributed by atoms with Gasteiger partial charge in [-0.2, -0.15) is 0 Å². The number of hydrogen-bond acceptors (Lipinski definition) is 6. The van der Waals surface area contributed by atoms with Crippen LogP contribution in [0.4, 0.5) is 0 Å². The van der Waals surface area contributed by atoms with Gasteiger partial charge in [0.25, 0.3) is 14.2 Å². The predicted octanol–water partition coefficient (Wildman–Crippen LogP) is -0.0944. The molecule has 0 bridgehead atoms. The molecular weight excluding hydrogens is 258 g/mol. The van der Waals surface area contributed by atoms with Crippen LogP contribution in [0.2, 0.25) is 0 Å². The van der Waals surface area contributed by atoms with Crippen LogP contribution in [0.1, 0.15) is 5.82 Å². The van der Waals surface area contributed by atoms with Gasteiger partial charge in [0.2, 0.25) is 0 Å². The van der Waals surface area contributed by atoms with Gasteiger partial charge in [0.15, 0.2) is 5.82 Å². The molecule has 0 N–H and O–H groups in total. The van der Waals surface area contributed by atoms with E-state index in [2.05, 4.69) is 10.2 Å². The Morgan fingerprint density at radius 1 is 1.38 bits per heavy atom. The SMILES string of the molecule is COCCOCc1nnc(S(=O)(=O)Cl)n1C. The van der Waals surface area contributed by atoms with Crippen molar-refractivity contribution in [1.82, 2.24) is 14.8 Å². The van der Waals surface area contributed by atoms with E-state index >= 15 is 0 Å². The van der Waals surface area contributed by atoms with E-state index in [1.807, 2.05) is 0 Å². The van der Waals surface area contributed by atoms with Crippen molar-refractivity contribution in [2.75, 3.05) is 20.3 Å². The van der Waals surface area contributed by atoms with Gasteiger partial charge in [0, 0.05) is 24.8 Å². The first-order valence-corrected chi connectivity index (χ1v) is 6.67. The Kier molecular flexibility index (Phi) is 4.66. The van der Waals surface area contributed by atoms with Crippen molar-refractivity contribution >= 4 is 19.7 Å². The number of rotatable bonds is 6. The van der Waals surface area contributed by atoms with Crippen LogP contribution >= 0.6 is 10.7 Å². The molecule has 0 radical (unpaired) electrons. The molecule has 0 saturated carbocycles. The minimum Gasteiger partial charge on any atom is -0.382 e. The maximum atomic E-state index is 11.0. The fourth-order valence-electron chi connectivity index (χ4n) is 0.989. The summed E-state index contributed by atoms with van der Waals surface area (Å²) in [5, 5.41) is 6.84. The summed E-state index contributed by atoms with van der Waals surface area (Å²) in [6.45, 7) is 1.00. The van der Waals surface area contributed by atoms with Crippen molar-refractivity contribution in [3.05, 3.63) is 5.82 Å². The van der Waals surface area contributed by atoms with Crippen molar-refractivity contribution in [2.45, 2.75) is 11.8 Å². The molecule has 0 spiro atoms. The van der Waals surface area contributed by atoms with Crippen LogP contribution in [0.3, 0.4) is 0 Å². The minimum absolute atomic E-state index is 0.152. The molecule has 1 aromatic rings. The monoisotopic (exact) mass is 269 g/mol. The quantitative estimate of drug-likeness (QED) is 0.530. The highest BCUT2D eigenvalue weighted by Crippen LogP contribution is 2.12. The van der Waals surface area contributed by atoms with E-state index in [1.54, 1.807) is 7.11 Å².